The molecule has 1 N–H and O–H groups in total. The lowest BCUT2D eigenvalue weighted by Crippen LogP contribution is -2.09. The van der Waals surface area contributed by atoms with Gasteiger partial charge in [-0.1, -0.05) is 0 Å². The number of alkyl halides is 3. The van der Waals surface area contributed by atoms with Crippen LogP contribution in [0.4, 0.5) is 17.6 Å². The van der Waals surface area contributed by atoms with Crippen LogP contribution in [-0.4, -0.2) is 29.7 Å². The monoisotopic (exact) mass is 412 g/mol. The molecule has 0 aliphatic heterocycles. The Morgan fingerprint density at radius 1 is 1.03 bits per heavy atom. The fourth-order valence-electron chi connectivity index (χ4n) is 3.44. The topological polar surface area (TPSA) is 72.3 Å². The molecule has 0 aliphatic rings. The third-order valence-corrected chi connectivity index (χ3v) is 4.77. The van der Waals surface area contributed by atoms with E-state index in [4.69, 9.17) is 0 Å². The Morgan fingerprint density at radius 2 is 1.87 bits per heavy atom. The first kappa shape index (κ1) is 18.2. The van der Waals surface area contributed by atoms with E-state index in [1.807, 2.05) is 6.92 Å². The fraction of sp³-hybridized carbons (Fsp3) is 0.100. The van der Waals surface area contributed by atoms with Gasteiger partial charge in [-0.15, -0.1) is 0 Å². The largest absolute Gasteiger partial charge is 0.433 e. The number of halogens is 4. The summed E-state index contributed by atoms with van der Waals surface area (Å²) in [6, 6.07) is 8.38. The lowest BCUT2D eigenvalue weighted by Gasteiger charge is -2.11. The van der Waals surface area contributed by atoms with Crippen LogP contribution in [0, 0.1) is 12.9 Å². The molecule has 1 aromatic carbocycles. The maximum Gasteiger partial charge on any atom is 0.433 e. The summed E-state index contributed by atoms with van der Waals surface area (Å²) < 4.78 is 55.2. The molecule has 0 aliphatic carbocycles. The first-order valence-corrected chi connectivity index (χ1v) is 8.84. The van der Waals surface area contributed by atoms with Crippen LogP contribution in [0.2, 0.25) is 0 Å². The Bertz CT molecular complexity index is 1420. The fourth-order valence-corrected chi connectivity index (χ4v) is 3.44. The van der Waals surface area contributed by atoms with Gasteiger partial charge in [0, 0.05) is 23.2 Å². The van der Waals surface area contributed by atoms with Gasteiger partial charge < -0.3 is 0 Å². The smallest absolute Gasteiger partial charge is 0.278 e. The summed E-state index contributed by atoms with van der Waals surface area (Å²) in [5, 5.41) is 7.67. The summed E-state index contributed by atoms with van der Waals surface area (Å²) in [6.07, 6.45) is -1.73. The average Bonchev–Trinajstić information content (AvgIpc) is 3.31. The van der Waals surface area contributed by atoms with Gasteiger partial charge in [0.25, 0.3) is 0 Å². The third-order valence-electron chi connectivity index (χ3n) is 4.77. The standard InChI is InChI=1S/C20H12F4N6/c1-10-6-13(7-12-9-26-29-17(10)12)30-18(11-4-5-25-16(21)8-11)27-14-2-3-15(20(22,23)24)28-19(14)30/h2-9H,1H3,(H,26,29). The minimum Gasteiger partial charge on any atom is -0.278 e. The lowest BCUT2D eigenvalue weighted by atomic mass is 10.1. The number of aromatic nitrogens is 6. The minimum atomic E-state index is -4.61. The van der Waals surface area contributed by atoms with E-state index in [-0.39, 0.29) is 17.0 Å². The number of benzene rings is 1. The molecule has 0 saturated carbocycles. The first-order chi connectivity index (χ1) is 14.3. The maximum absolute atomic E-state index is 13.8. The molecular weight excluding hydrogens is 400 g/mol. The number of nitrogens with one attached hydrogen (secondary N) is 1. The molecule has 0 bridgehead atoms. The zero-order valence-electron chi connectivity index (χ0n) is 15.4. The number of hydrogen-bond acceptors (Lipinski definition) is 4. The third kappa shape index (κ3) is 2.88. The number of pyridine rings is 2. The van der Waals surface area contributed by atoms with Crippen LogP contribution in [0.1, 0.15) is 11.3 Å². The van der Waals surface area contributed by atoms with E-state index in [0.29, 0.717) is 11.3 Å². The summed E-state index contributed by atoms with van der Waals surface area (Å²) in [4.78, 5) is 11.8. The van der Waals surface area contributed by atoms with E-state index in [9.17, 15) is 17.6 Å². The summed E-state index contributed by atoms with van der Waals surface area (Å²) in [5.74, 6) is -0.475. The highest BCUT2D eigenvalue weighted by molar-refractivity contribution is 5.86. The van der Waals surface area contributed by atoms with E-state index in [1.54, 1.807) is 18.3 Å². The first-order valence-electron chi connectivity index (χ1n) is 8.84. The summed E-state index contributed by atoms with van der Waals surface area (Å²) in [6.45, 7) is 1.85. The van der Waals surface area contributed by atoms with Crippen LogP contribution < -0.4 is 0 Å². The van der Waals surface area contributed by atoms with Crippen LogP contribution in [0.25, 0.3) is 39.1 Å². The molecule has 0 amide bonds. The van der Waals surface area contributed by atoms with Gasteiger partial charge in [-0.25, -0.2) is 15.0 Å². The lowest BCUT2D eigenvalue weighted by molar-refractivity contribution is -0.141. The maximum atomic E-state index is 13.8. The molecule has 0 saturated heterocycles. The highest BCUT2D eigenvalue weighted by Gasteiger charge is 2.33. The van der Waals surface area contributed by atoms with Crippen molar-refractivity contribution in [2.24, 2.45) is 0 Å². The van der Waals surface area contributed by atoms with E-state index in [2.05, 4.69) is 25.1 Å². The molecule has 10 heteroatoms. The predicted molar refractivity (Wildman–Crippen MR) is 101 cm³/mol. The molecule has 4 heterocycles. The number of aromatic amines is 1. The Morgan fingerprint density at radius 3 is 2.63 bits per heavy atom. The summed E-state index contributed by atoms with van der Waals surface area (Å²) >= 11 is 0. The van der Waals surface area contributed by atoms with Crippen LogP contribution in [0.15, 0.2) is 48.8 Å². The van der Waals surface area contributed by atoms with Gasteiger partial charge in [0.2, 0.25) is 5.95 Å². The SMILES string of the molecule is Cc1cc(-n2c(-c3ccnc(F)c3)nc3ccc(C(F)(F)F)nc32)cc2cn[nH]c12. The molecule has 30 heavy (non-hydrogen) atoms. The van der Waals surface area contributed by atoms with Crippen molar-refractivity contribution in [1.82, 2.24) is 29.7 Å². The Hall–Kier alpha value is -3.82. The molecule has 0 fully saturated rings. The predicted octanol–water partition coefficient (Wildman–Crippen LogP) is 4.83. The van der Waals surface area contributed by atoms with Gasteiger partial charge in [0.05, 0.1) is 17.4 Å². The molecular formula is C20H12F4N6. The van der Waals surface area contributed by atoms with E-state index < -0.39 is 17.8 Å². The van der Waals surface area contributed by atoms with Gasteiger partial charge in [0.15, 0.2) is 5.65 Å². The number of H-pyrrole nitrogens is 1. The van der Waals surface area contributed by atoms with Crippen LogP contribution in [0.5, 0.6) is 0 Å². The van der Waals surface area contributed by atoms with Crippen molar-refractivity contribution < 1.29 is 17.6 Å². The average molecular weight is 412 g/mol. The molecule has 0 spiro atoms. The number of rotatable bonds is 2. The minimum absolute atomic E-state index is 0.0132. The van der Waals surface area contributed by atoms with E-state index in [0.717, 1.165) is 22.5 Å². The van der Waals surface area contributed by atoms with Crippen molar-refractivity contribution in [2.75, 3.05) is 0 Å². The highest BCUT2D eigenvalue weighted by atomic mass is 19.4. The van der Waals surface area contributed by atoms with Gasteiger partial charge in [-0.05, 0) is 42.8 Å². The second-order valence-electron chi connectivity index (χ2n) is 6.77. The molecule has 0 atom stereocenters. The zero-order chi connectivity index (χ0) is 21.0. The quantitative estimate of drug-likeness (QED) is 0.333. The molecule has 0 radical (unpaired) electrons. The van der Waals surface area contributed by atoms with E-state index >= 15 is 0 Å². The highest BCUT2D eigenvalue weighted by Crippen LogP contribution is 2.33. The number of fused-ring (bicyclic) bond motifs is 2. The molecule has 150 valence electrons. The molecule has 6 nitrogen and oxygen atoms in total. The van der Waals surface area contributed by atoms with Gasteiger partial charge in [-0.2, -0.15) is 22.7 Å². The number of imidazole rings is 1. The van der Waals surface area contributed by atoms with Crippen LogP contribution >= 0.6 is 0 Å². The molecule has 4 aromatic heterocycles. The second kappa shape index (κ2) is 6.34. The van der Waals surface area contributed by atoms with E-state index in [1.165, 1.54) is 29.0 Å². The number of nitrogens with zero attached hydrogens (tertiary/aromatic N) is 5. The van der Waals surface area contributed by atoms with Crippen molar-refractivity contribution in [3.8, 4) is 17.1 Å². The summed E-state index contributed by atoms with van der Waals surface area (Å²) in [7, 11) is 0. The Labute approximate surface area is 166 Å². The van der Waals surface area contributed by atoms with Gasteiger partial charge in [-0.3, -0.25) is 9.67 Å². The number of hydrogen-bond donors (Lipinski definition) is 1. The zero-order valence-corrected chi connectivity index (χ0v) is 15.4. The van der Waals surface area contributed by atoms with Crippen molar-refractivity contribution in [1.29, 1.82) is 0 Å². The van der Waals surface area contributed by atoms with Crippen molar-refractivity contribution in [3.63, 3.8) is 0 Å². The van der Waals surface area contributed by atoms with Crippen molar-refractivity contribution in [3.05, 3.63) is 66.0 Å². The Kier molecular flexibility index (Phi) is 3.85. The second-order valence-corrected chi connectivity index (χ2v) is 6.77. The normalized spacial score (nSPS) is 12.2. The van der Waals surface area contributed by atoms with Gasteiger partial charge >= 0.3 is 6.18 Å². The van der Waals surface area contributed by atoms with Gasteiger partial charge in [0.1, 0.15) is 17.0 Å². The molecule has 0 unspecified atom stereocenters. The Balaban J connectivity index is 1.87. The number of aryl methyl sites for hydroxylation is 1. The van der Waals surface area contributed by atoms with Crippen molar-refractivity contribution in [2.45, 2.75) is 13.1 Å². The molecule has 5 aromatic rings. The molecule has 5 rings (SSSR count). The van der Waals surface area contributed by atoms with Crippen LogP contribution in [0.3, 0.4) is 0 Å². The van der Waals surface area contributed by atoms with Crippen LogP contribution in [-0.2, 0) is 6.18 Å². The summed E-state index contributed by atoms with van der Waals surface area (Å²) in [5.41, 5.74) is 1.76. The van der Waals surface area contributed by atoms with Crippen molar-refractivity contribution >= 4 is 22.1 Å².